The Morgan fingerprint density at radius 1 is 1.22 bits per heavy atom. The van der Waals surface area contributed by atoms with Crippen LogP contribution in [0.4, 0.5) is 5.69 Å². The fourth-order valence-electron chi connectivity index (χ4n) is 4.11. The molecule has 1 amide bonds. The van der Waals surface area contributed by atoms with Crippen LogP contribution in [-0.2, 0) is 18.4 Å². The van der Waals surface area contributed by atoms with Crippen LogP contribution in [0.5, 0.6) is 0 Å². The van der Waals surface area contributed by atoms with Crippen LogP contribution in [0.3, 0.4) is 0 Å². The molecule has 12 nitrogen and oxygen atoms in total. The van der Waals surface area contributed by atoms with Crippen molar-refractivity contribution < 1.29 is 23.3 Å². The van der Waals surface area contributed by atoms with Gasteiger partial charge in [-0.2, -0.15) is 5.26 Å². The number of likely N-dealkylation sites (N-methyl/N-ethyl adjacent to an activating group) is 1. The lowest BCUT2D eigenvalue weighted by atomic mass is 10.0. The number of anilines is 1. The molecule has 0 radical (unpaired) electrons. The van der Waals surface area contributed by atoms with Crippen molar-refractivity contribution in [1.82, 2.24) is 24.4 Å². The molecule has 0 bridgehead atoms. The van der Waals surface area contributed by atoms with Gasteiger partial charge in [-0.05, 0) is 57.8 Å². The fourth-order valence-corrected chi connectivity index (χ4v) is 4.99. The minimum Gasteiger partial charge on any atom is -0.321 e. The molecule has 13 heteroatoms. The first-order valence-electron chi connectivity index (χ1n) is 12.7. The van der Waals surface area contributed by atoms with E-state index in [9.17, 15) is 19.5 Å². The highest BCUT2D eigenvalue weighted by Gasteiger charge is 2.26. The summed E-state index contributed by atoms with van der Waals surface area (Å²) in [5.41, 5.74) is 4.06. The van der Waals surface area contributed by atoms with Gasteiger partial charge in [-0.15, -0.1) is 0 Å². The van der Waals surface area contributed by atoms with Gasteiger partial charge in [0.05, 0.1) is 18.5 Å². The van der Waals surface area contributed by atoms with Gasteiger partial charge >= 0.3 is 7.82 Å². The Kier molecular flexibility index (Phi) is 9.39. The first-order chi connectivity index (χ1) is 19.6. The number of aromatic nitrogens is 4. The molecule has 0 aliphatic rings. The molecule has 0 saturated heterocycles. The number of amides is 1. The lowest BCUT2D eigenvalue weighted by molar-refractivity contribution is -0.111. The summed E-state index contributed by atoms with van der Waals surface area (Å²) in [5.74, 6) is -0.271. The maximum Gasteiger partial charge on any atom is 0.474 e. The van der Waals surface area contributed by atoms with E-state index >= 15 is 0 Å². The number of phosphoric ester groups is 1. The van der Waals surface area contributed by atoms with Crippen LogP contribution in [0.1, 0.15) is 25.8 Å². The molecule has 4 heterocycles. The van der Waals surface area contributed by atoms with Crippen molar-refractivity contribution in [2.24, 2.45) is 0 Å². The smallest absolute Gasteiger partial charge is 0.321 e. The number of rotatable bonds is 11. The van der Waals surface area contributed by atoms with Gasteiger partial charge < -0.3 is 19.7 Å². The van der Waals surface area contributed by atoms with Crippen LogP contribution in [0.2, 0.25) is 0 Å². The second-order valence-corrected chi connectivity index (χ2v) is 10.7. The van der Waals surface area contributed by atoms with E-state index in [1.54, 1.807) is 67.5 Å². The monoisotopic (exact) mass is 575 g/mol. The van der Waals surface area contributed by atoms with E-state index in [0.717, 1.165) is 0 Å². The van der Waals surface area contributed by atoms with Crippen molar-refractivity contribution in [2.45, 2.75) is 20.1 Å². The van der Waals surface area contributed by atoms with Crippen molar-refractivity contribution in [3.8, 4) is 28.3 Å². The SMILES string of the molecule is CCOP(=O)(O)OC(C)n1cc(-c2ccnc(C#N)c2)c2cc(-c3cncc(NC(=O)C=CCN(C)C)c3)cnc21. The Morgan fingerprint density at radius 3 is 2.73 bits per heavy atom. The Hall–Kier alpha value is -4.24. The third kappa shape index (κ3) is 7.49. The summed E-state index contributed by atoms with van der Waals surface area (Å²) in [7, 11) is -0.479. The number of nitriles is 1. The van der Waals surface area contributed by atoms with Crippen molar-refractivity contribution in [1.29, 1.82) is 5.26 Å². The largest absolute Gasteiger partial charge is 0.474 e. The fraction of sp³-hybridized carbons (Fsp3) is 0.250. The van der Waals surface area contributed by atoms with Gasteiger partial charge in [0.2, 0.25) is 5.91 Å². The zero-order chi connectivity index (χ0) is 29.6. The first kappa shape index (κ1) is 29.7. The van der Waals surface area contributed by atoms with Crippen LogP contribution in [0.25, 0.3) is 33.3 Å². The van der Waals surface area contributed by atoms with E-state index in [-0.39, 0.29) is 18.2 Å². The molecule has 0 aromatic carbocycles. The normalized spacial score (nSPS) is 13.8. The Morgan fingerprint density at radius 2 is 2.00 bits per heavy atom. The average Bonchev–Trinajstić information content (AvgIpc) is 3.32. The Bertz CT molecular complexity index is 1680. The summed E-state index contributed by atoms with van der Waals surface area (Å²) in [6.07, 6.45) is 10.5. The van der Waals surface area contributed by atoms with E-state index in [1.165, 1.54) is 12.3 Å². The van der Waals surface area contributed by atoms with Gasteiger partial charge in [0, 0.05) is 59.5 Å². The standard InChI is InChI=1S/C28H30N7O5P/c1-5-39-41(37,38)40-19(2)35-18-26(20-8-9-31-23(11-20)14-29)25-13-22(16-32-28(25)35)21-12-24(17-30-15-21)33-27(36)7-6-10-34(3)4/h6-9,11-13,15-19H,5,10H2,1-4H3,(H,33,36)(H,37,38). The predicted molar refractivity (Wildman–Crippen MR) is 154 cm³/mol. The van der Waals surface area contributed by atoms with Gasteiger partial charge in [0.25, 0.3) is 0 Å². The number of phosphoric acid groups is 1. The minimum absolute atomic E-state index is 0.00760. The molecular weight excluding hydrogens is 545 g/mol. The number of pyridine rings is 3. The highest BCUT2D eigenvalue weighted by Crippen LogP contribution is 2.47. The van der Waals surface area contributed by atoms with E-state index in [1.807, 2.05) is 31.1 Å². The second kappa shape index (κ2) is 13.0. The van der Waals surface area contributed by atoms with Crippen molar-refractivity contribution in [2.75, 3.05) is 32.6 Å². The van der Waals surface area contributed by atoms with Crippen molar-refractivity contribution in [3.05, 3.63) is 73.1 Å². The van der Waals surface area contributed by atoms with E-state index in [0.29, 0.717) is 45.5 Å². The summed E-state index contributed by atoms with van der Waals surface area (Å²) >= 11 is 0. The zero-order valence-corrected chi connectivity index (χ0v) is 23.9. The number of nitrogens with one attached hydrogen (secondary N) is 1. The number of nitrogens with zero attached hydrogens (tertiary/aromatic N) is 6. The topological polar surface area (TPSA) is 155 Å². The van der Waals surface area contributed by atoms with Gasteiger partial charge in [0.1, 0.15) is 23.6 Å². The maximum absolute atomic E-state index is 12.3. The molecule has 2 atom stereocenters. The molecule has 212 valence electrons. The lowest BCUT2D eigenvalue weighted by Crippen LogP contribution is -2.13. The molecule has 4 aromatic heterocycles. The number of hydrogen-bond acceptors (Lipinski definition) is 9. The van der Waals surface area contributed by atoms with Crippen LogP contribution < -0.4 is 5.32 Å². The quantitative estimate of drug-likeness (QED) is 0.189. The molecule has 0 saturated carbocycles. The summed E-state index contributed by atoms with van der Waals surface area (Å²) < 4.78 is 24.2. The molecule has 41 heavy (non-hydrogen) atoms. The van der Waals surface area contributed by atoms with Crippen LogP contribution >= 0.6 is 7.82 Å². The number of carbonyl (C=O) groups is 1. The number of hydrogen-bond donors (Lipinski definition) is 2. The Labute approximate surface area is 237 Å². The highest BCUT2D eigenvalue weighted by atomic mass is 31.2. The third-order valence-electron chi connectivity index (χ3n) is 5.90. The second-order valence-electron chi connectivity index (χ2n) is 9.29. The van der Waals surface area contributed by atoms with E-state index in [2.05, 4.69) is 20.3 Å². The van der Waals surface area contributed by atoms with Crippen molar-refractivity contribution in [3.63, 3.8) is 0 Å². The molecule has 0 aliphatic heterocycles. The molecule has 0 aliphatic carbocycles. The summed E-state index contributed by atoms with van der Waals surface area (Å²) in [4.78, 5) is 37.3. The summed E-state index contributed by atoms with van der Waals surface area (Å²) in [5, 5.41) is 12.9. The molecular formula is C28H30N7O5P. The van der Waals surface area contributed by atoms with Crippen molar-refractivity contribution >= 4 is 30.5 Å². The van der Waals surface area contributed by atoms with E-state index in [4.69, 9.17) is 9.05 Å². The zero-order valence-electron chi connectivity index (χ0n) is 23.1. The number of fused-ring (bicyclic) bond motifs is 1. The maximum atomic E-state index is 12.3. The summed E-state index contributed by atoms with van der Waals surface area (Å²) in [6.45, 7) is 3.85. The van der Waals surface area contributed by atoms with Crippen LogP contribution in [0.15, 0.2) is 67.4 Å². The van der Waals surface area contributed by atoms with Gasteiger partial charge in [0.15, 0.2) is 0 Å². The molecule has 0 spiro atoms. The first-order valence-corrected chi connectivity index (χ1v) is 14.2. The average molecular weight is 576 g/mol. The van der Waals surface area contributed by atoms with Crippen LogP contribution in [-0.4, -0.2) is 62.5 Å². The van der Waals surface area contributed by atoms with Gasteiger partial charge in [-0.3, -0.25) is 18.8 Å². The Balaban J connectivity index is 1.75. The molecule has 2 unspecified atom stereocenters. The molecule has 2 N–H and O–H groups in total. The van der Waals surface area contributed by atoms with Gasteiger partial charge in [-0.1, -0.05) is 6.08 Å². The molecule has 4 aromatic rings. The molecule has 4 rings (SSSR count). The third-order valence-corrected chi connectivity index (χ3v) is 7.06. The van der Waals surface area contributed by atoms with Gasteiger partial charge in [-0.25, -0.2) is 14.5 Å². The van der Waals surface area contributed by atoms with E-state index < -0.39 is 14.1 Å². The number of carbonyl (C=O) groups excluding carboxylic acids is 1. The summed E-state index contributed by atoms with van der Waals surface area (Å²) in [6, 6.07) is 9.14. The van der Waals surface area contributed by atoms with Crippen LogP contribution in [0, 0.1) is 11.3 Å². The molecule has 0 fully saturated rings. The highest BCUT2D eigenvalue weighted by molar-refractivity contribution is 7.47. The predicted octanol–water partition coefficient (Wildman–Crippen LogP) is 4.76. The lowest BCUT2D eigenvalue weighted by Gasteiger charge is -2.18. The minimum atomic E-state index is -4.31.